The SMILES string of the molecule is CCCn1c(=O)c2c(nc([C@H]3C[C@@H]4C[C@H]3[C@H]3O[C@@H]43)n2Cc2ccccc2[N+](=O)[O-])n(CCC)c1=O. The van der Waals surface area contributed by atoms with E-state index in [1.807, 2.05) is 18.4 Å². The molecule has 0 unspecified atom stereocenters. The van der Waals surface area contributed by atoms with Crippen molar-refractivity contribution in [3.63, 3.8) is 0 Å². The monoisotopic (exact) mass is 479 g/mol. The van der Waals surface area contributed by atoms with Crippen LogP contribution in [-0.2, 0) is 24.4 Å². The first-order valence-corrected chi connectivity index (χ1v) is 12.6. The fourth-order valence-electron chi connectivity index (χ4n) is 6.49. The Hall–Kier alpha value is -3.27. The van der Waals surface area contributed by atoms with E-state index in [1.165, 1.54) is 10.6 Å². The summed E-state index contributed by atoms with van der Waals surface area (Å²) in [4.78, 5) is 43.3. The molecule has 1 aromatic carbocycles. The molecule has 0 radical (unpaired) electrons. The van der Waals surface area contributed by atoms with Crippen LogP contribution < -0.4 is 11.2 Å². The van der Waals surface area contributed by atoms with Crippen molar-refractivity contribution in [1.82, 2.24) is 18.7 Å². The molecule has 3 aliphatic rings. The Morgan fingerprint density at radius 3 is 2.49 bits per heavy atom. The van der Waals surface area contributed by atoms with Crippen molar-refractivity contribution >= 4 is 16.9 Å². The highest BCUT2D eigenvalue weighted by molar-refractivity contribution is 5.72. The van der Waals surface area contributed by atoms with E-state index in [9.17, 15) is 19.7 Å². The van der Waals surface area contributed by atoms with Gasteiger partial charge >= 0.3 is 5.69 Å². The quantitative estimate of drug-likeness (QED) is 0.278. The van der Waals surface area contributed by atoms with Crippen LogP contribution in [0, 0.1) is 22.0 Å². The van der Waals surface area contributed by atoms with E-state index in [0.29, 0.717) is 54.2 Å². The van der Waals surface area contributed by atoms with Crippen LogP contribution in [0.2, 0.25) is 0 Å². The number of rotatable bonds is 8. The van der Waals surface area contributed by atoms with Gasteiger partial charge in [0.05, 0.1) is 23.7 Å². The fourth-order valence-corrected chi connectivity index (χ4v) is 6.49. The number of aromatic nitrogens is 4. The van der Waals surface area contributed by atoms with Crippen molar-refractivity contribution in [3.05, 3.63) is 66.6 Å². The Kier molecular flexibility index (Phi) is 5.17. The van der Waals surface area contributed by atoms with E-state index in [0.717, 1.165) is 25.1 Å². The van der Waals surface area contributed by atoms with Gasteiger partial charge in [0.25, 0.3) is 11.2 Å². The van der Waals surface area contributed by atoms with Gasteiger partial charge < -0.3 is 9.30 Å². The predicted octanol–water partition coefficient (Wildman–Crippen LogP) is 3.03. The minimum Gasteiger partial charge on any atom is -0.369 e. The van der Waals surface area contributed by atoms with Gasteiger partial charge in [-0.1, -0.05) is 32.0 Å². The van der Waals surface area contributed by atoms with E-state index in [1.54, 1.807) is 22.8 Å². The third-order valence-electron chi connectivity index (χ3n) is 7.98. The first-order valence-electron chi connectivity index (χ1n) is 12.6. The summed E-state index contributed by atoms with van der Waals surface area (Å²) < 4.78 is 10.6. The van der Waals surface area contributed by atoms with Crippen LogP contribution >= 0.6 is 0 Å². The van der Waals surface area contributed by atoms with E-state index in [2.05, 4.69) is 0 Å². The first-order chi connectivity index (χ1) is 16.9. The van der Waals surface area contributed by atoms with Gasteiger partial charge in [-0.15, -0.1) is 0 Å². The topological polar surface area (TPSA) is 117 Å². The Morgan fingerprint density at radius 1 is 1.06 bits per heavy atom. The summed E-state index contributed by atoms with van der Waals surface area (Å²) in [5.41, 5.74) is 0.549. The largest absolute Gasteiger partial charge is 0.369 e. The molecule has 1 aliphatic heterocycles. The molecule has 35 heavy (non-hydrogen) atoms. The van der Waals surface area contributed by atoms with Crippen LogP contribution in [0.3, 0.4) is 0 Å². The molecule has 6 rings (SSSR count). The number of epoxide rings is 1. The summed E-state index contributed by atoms with van der Waals surface area (Å²) in [6, 6.07) is 6.61. The molecule has 184 valence electrons. The second kappa shape index (κ2) is 8.15. The van der Waals surface area contributed by atoms with E-state index in [-0.39, 0.29) is 35.5 Å². The summed E-state index contributed by atoms with van der Waals surface area (Å²) in [7, 11) is 0. The Labute approximate surface area is 201 Å². The number of fused-ring (bicyclic) bond motifs is 6. The summed E-state index contributed by atoms with van der Waals surface area (Å²) >= 11 is 0. The molecule has 2 bridgehead atoms. The molecular formula is C25H29N5O5. The van der Waals surface area contributed by atoms with Gasteiger partial charge in [0.1, 0.15) is 5.82 Å². The highest BCUT2D eigenvalue weighted by Crippen LogP contribution is 2.61. The maximum Gasteiger partial charge on any atom is 0.332 e. The predicted molar refractivity (Wildman–Crippen MR) is 129 cm³/mol. The molecule has 2 aliphatic carbocycles. The smallest absolute Gasteiger partial charge is 0.332 e. The number of imidazole rings is 1. The molecule has 10 heteroatoms. The summed E-state index contributed by atoms with van der Waals surface area (Å²) in [5.74, 6) is 1.66. The third kappa shape index (κ3) is 3.30. The van der Waals surface area contributed by atoms with Gasteiger partial charge in [0, 0.05) is 30.6 Å². The summed E-state index contributed by atoms with van der Waals surface area (Å²) in [6.07, 6.45) is 3.96. The number of hydrogen-bond acceptors (Lipinski definition) is 6. The lowest BCUT2D eigenvalue weighted by molar-refractivity contribution is -0.385. The van der Waals surface area contributed by atoms with Crippen molar-refractivity contribution in [3.8, 4) is 0 Å². The average molecular weight is 480 g/mol. The van der Waals surface area contributed by atoms with Crippen LogP contribution in [-0.4, -0.2) is 35.8 Å². The maximum atomic E-state index is 13.7. The molecule has 3 fully saturated rings. The Morgan fingerprint density at radius 2 is 1.80 bits per heavy atom. The lowest BCUT2D eigenvalue weighted by Gasteiger charge is -2.20. The molecule has 3 heterocycles. The zero-order chi connectivity index (χ0) is 24.4. The number of hydrogen-bond donors (Lipinski definition) is 0. The molecule has 1 saturated heterocycles. The third-order valence-corrected chi connectivity index (χ3v) is 7.98. The molecule has 2 aromatic heterocycles. The molecular weight excluding hydrogens is 450 g/mol. The van der Waals surface area contributed by atoms with Crippen molar-refractivity contribution in [1.29, 1.82) is 0 Å². The van der Waals surface area contributed by atoms with Crippen LogP contribution in [0.15, 0.2) is 33.9 Å². The van der Waals surface area contributed by atoms with Crippen molar-refractivity contribution < 1.29 is 9.66 Å². The maximum absolute atomic E-state index is 13.7. The van der Waals surface area contributed by atoms with Gasteiger partial charge in [-0.2, -0.15) is 0 Å². The molecule has 0 amide bonds. The zero-order valence-electron chi connectivity index (χ0n) is 19.9. The minimum atomic E-state index is -0.392. The second-order valence-electron chi connectivity index (χ2n) is 10.1. The molecule has 10 nitrogen and oxygen atoms in total. The highest BCUT2D eigenvalue weighted by Gasteiger charge is 2.64. The van der Waals surface area contributed by atoms with Gasteiger partial charge in [-0.05, 0) is 37.5 Å². The first kappa shape index (κ1) is 22.2. The number of nitro groups is 1. The lowest BCUT2D eigenvalue weighted by Crippen LogP contribution is -2.40. The van der Waals surface area contributed by atoms with E-state index in [4.69, 9.17) is 9.72 Å². The number of ether oxygens (including phenoxy) is 1. The van der Waals surface area contributed by atoms with E-state index >= 15 is 0 Å². The average Bonchev–Trinajstić information content (AvgIpc) is 3.25. The minimum absolute atomic E-state index is 0.00889. The normalized spacial score (nSPS) is 26.4. The number of para-hydroxylation sites is 1. The lowest BCUT2D eigenvalue weighted by atomic mass is 9.88. The molecule has 3 aromatic rings. The van der Waals surface area contributed by atoms with Crippen molar-refractivity contribution in [2.75, 3.05) is 0 Å². The number of aryl methyl sites for hydroxylation is 1. The van der Waals surface area contributed by atoms with Crippen molar-refractivity contribution in [2.24, 2.45) is 11.8 Å². The summed E-state index contributed by atoms with van der Waals surface area (Å²) in [5, 5.41) is 11.8. The number of nitro benzene ring substituents is 1. The Balaban J connectivity index is 1.61. The molecule has 2 saturated carbocycles. The molecule has 0 spiro atoms. The van der Waals surface area contributed by atoms with Crippen molar-refractivity contribution in [2.45, 2.75) is 77.3 Å². The standard InChI is InChI=1S/C25H29N5O5/c1-3-9-27-23-19(24(31)28(10-4-2)25(27)32)29(13-14-7-5-6-8-18(14)30(33)34)22(26-23)17-12-15-11-16(17)21-20(15)35-21/h5-8,15-17,20-21H,3-4,9-13H2,1-2H3/t15-,16+,17-,20-,21+/m0/s1. The van der Waals surface area contributed by atoms with Crippen LogP contribution in [0.4, 0.5) is 5.69 Å². The van der Waals surface area contributed by atoms with Crippen LogP contribution in [0.5, 0.6) is 0 Å². The zero-order valence-corrected chi connectivity index (χ0v) is 19.9. The van der Waals surface area contributed by atoms with Gasteiger partial charge in [-0.25, -0.2) is 9.78 Å². The van der Waals surface area contributed by atoms with Gasteiger partial charge in [-0.3, -0.25) is 24.0 Å². The second-order valence-corrected chi connectivity index (χ2v) is 10.1. The van der Waals surface area contributed by atoms with Gasteiger partial charge in [0.15, 0.2) is 11.2 Å². The van der Waals surface area contributed by atoms with Gasteiger partial charge in [0.2, 0.25) is 0 Å². The Bertz CT molecular complexity index is 1450. The van der Waals surface area contributed by atoms with E-state index < -0.39 is 4.92 Å². The fraction of sp³-hybridized carbons (Fsp3) is 0.560. The molecule has 0 N–H and O–H groups in total. The summed E-state index contributed by atoms with van der Waals surface area (Å²) in [6.45, 7) is 4.83. The number of benzene rings is 1. The van der Waals surface area contributed by atoms with Crippen LogP contribution in [0.25, 0.3) is 11.2 Å². The van der Waals surface area contributed by atoms with Crippen LogP contribution in [0.1, 0.15) is 56.8 Å². The highest BCUT2D eigenvalue weighted by atomic mass is 16.6. The molecule has 5 atom stereocenters. The number of nitrogens with zero attached hydrogens (tertiary/aromatic N) is 5.